The van der Waals surface area contributed by atoms with Gasteiger partial charge in [0.05, 0.1) is 0 Å². The zero-order chi connectivity index (χ0) is 18.7. The molecule has 0 heterocycles. The summed E-state index contributed by atoms with van der Waals surface area (Å²) in [7, 11) is 0. The second-order valence-corrected chi connectivity index (χ2v) is 7.01. The molecule has 2 amide bonds. The topological polar surface area (TPSA) is 70.2 Å². The van der Waals surface area contributed by atoms with Crippen molar-refractivity contribution in [2.75, 3.05) is 16.0 Å². The predicted octanol–water partition coefficient (Wildman–Crippen LogP) is 4.09. The van der Waals surface area contributed by atoms with Gasteiger partial charge in [-0.1, -0.05) is 12.1 Å². The quantitative estimate of drug-likeness (QED) is 0.734. The van der Waals surface area contributed by atoms with Crippen molar-refractivity contribution in [1.82, 2.24) is 0 Å². The molecule has 0 radical (unpaired) electrons. The van der Waals surface area contributed by atoms with Crippen LogP contribution in [0.2, 0.25) is 0 Å². The number of hydrogen-bond acceptors (Lipinski definition) is 3. The lowest BCUT2D eigenvalue weighted by Crippen LogP contribution is -2.32. The Bertz CT molecular complexity index is 811. The molecule has 3 N–H and O–H groups in total. The molecular formula is C21H25N3O2. The summed E-state index contributed by atoms with van der Waals surface area (Å²) in [4.78, 5) is 24.2. The molecule has 5 nitrogen and oxygen atoms in total. The Balaban J connectivity index is 1.56. The zero-order valence-electron chi connectivity index (χ0n) is 15.4. The number of amides is 2. The summed E-state index contributed by atoms with van der Waals surface area (Å²) in [5, 5.41) is 9.06. The minimum Gasteiger partial charge on any atom is -0.374 e. The number of carbonyl (C=O) groups is 2. The van der Waals surface area contributed by atoms with Crippen molar-refractivity contribution in [3.63, 3.8) is 0 Å². The number of benzene rings is 2. The van der Waals surface area contributed by atoms with E-state index >= 15 is 0 Å². The summed E-state index contributed by atoms with van der Waals surface area (Å²) in [6.07, 6.45) is 1.97. The summed E-state index contributed by atoms with van der Waals surface area (Å²) in [5.74, 6) is 0.179. The Morgan fingerprint density at radius 1 is 0.962 bits per heavy atom. The Labute approximate surface area is 154 Å². The van der Waals surface area contributed by atoms with Crippen molar-refractivity contribution < 1.29 is 9.59 Å². The van der Waals surface area contributed by atoms with Gasteiger partial charge in [0.1, 0.15) is 6.04 Å². The SMILES string of the molecule is Cc1ccc(C)c(NC(=O)[C@H](C)Nc2ccc(NC(=O)C3CC3)cc2)c1. The van der Waals surface area contributed by atoms with Crippen molar-refractivity contribution in [3.05, 3.63) is 53.6 Å². The lowest BCUT2D eigenvalue weighted by atomic mass is 10.1. The first-order chi connectivity index (χ1) is 12.4. The van der Waals surface area contributed by atoms with E-state index in [2.05, 4.69) is 16.0 Å². The van der Waals surface area contributed by atoms with Gasteiger partial charge >= 0.3 is 0 Å². The number of nitrogens with one attached hydrogen (secondary N) is 3. The third-order valence-corrected chi connectivity index (χ3v) is 4.53. The van der Waals surface area contributed by atoms with Gasteiger partial charge in [-0.15, -0.1) is 0 Å². The first-order valence-electron chi connectivity index (χ1n) is 8.98. The van der Waals surface area contributed by atoms with Gasteiger partial charge in [0.15, 0.2) is 0 Å². The summed E-state index contributed by atoms with van der Waals surface area (Å²) < 4.78 is 0. The second kappa shape index (κ2) is 7.60. The number of carbonyl (C=O) groups excluding carboxylic acids is 2. The molecule has 1 saturated carbocycles. The van der Waals surface area contributed by atoms with Gasteiger partial charge < -0.3 is 16.0 Å². The number of rotatable bonds is 6. The first-order valence-corrected chi connectivity index (χ1v) is 8.98. The molecule has 0 unspecified atom stereocenters. The van der Waals surface area contributed by atoms with Crippen LogP contribution in [0.15, 0.2) is 42.5 Å². The zero-order valence-corrected chi connectivity index (χ0v) is 15.4. The second-order valence-electron chi connectivity index (χ2n) is 7.01. The fourth-order valence-corrected chi connectivity index (χ4v) is 2.67. The van der Waals surface area contributed by atoms with Crippen molar-refractivity contribution in [3.8, 4) is 0 Å². The molecule has 136 valence electrons. The summed E-state index contributed by atoms with van der Waals surface area (Å²) in [6, 6.07) is 13.0. The van der Waals surface area contributed by atoms with Crippen LogP contribution in [0.3, 0.4) is 0 Å². The van der Waals surface area contributed by atoms with Crippen molar-refractivity contribution in [2.45, 2.75) is 39.7 Å². The maximum atomic E-state index is 12.4. The van der Waals surface area contributed by atoms with Crippen molar-refractivity contribution in [1.29, 1.82) is 0 Å². The van der Waals surface area contributed by atoms with Crippen LogP contribution in [-0.2, 0) is 9.59 Å². The molecule has 5 heteroatoms. The Morgan fingerprint density at radius 2 is 1.62 bits per heavy atom. The van der Waals surface area contributed by atoms with Crippen LogP contribution >= 0.6 is 0 Å². The minimum absolute atomic E-state index is 0.0898. The van der Waals surface area contributed by atoms with Gasteiger partial charge in [0, 0.05) is 23.0 Å². The lowest BCUT2D eigenvalue weighted by molar-refractivity contribution is -0.117. The van der Waals surface area contributed by atoms with Crippen molar-refractivity contribution >= 4 is 28.9 Å². The molecule has 1 aliphatic carbocycles. The van der Waals surface area contributed by atoms with Gasteiger partial charge in [-0.3, -0.25) is 9.59 Å². The molecule has 26 heavy (non-hydrogen) atoms. The van der Waals surface area contributed by atoms with Crippen LogP contribution in [0.4, 0.5) is 17.1 Å². The molecule has 0 saturated heterocycles. The van der Waals surface area contributed by atoms with E-state index in [1.54, 1.807) is 0 Å². The van der Waals surface area contributed by atoms with E-state index in [0.717, 1.165) is 41.0 Å². The predicted molar refractivity (Wildman–Crippen MR) is 105 cm³/mol. The van der Waals surface area contributed by atoms with Gasteiger partial charge in [0.2, 0.25) is 11.8 Å². The van der Waals surface area contributed by atoms with E-state index < -0.39 is 0 Å². The van der Waals surface area contributed by atoms with Crippen LogP contribution < -0.4 is 16.0 Å². The third-order valence-electron chi connectivity index (χ3n) is 4.53. The Kier molecular flexibility index (Phi) is 5.26. The molecule has 1 atom stereocenters. The Hall–Kier alpha value is -2.82. The molecule has 0 bridgehead atoms. The van der Waals surface area contributed by atoms with Gasteiger partial charge in [-0.05, 0) is 75.1 Å². The van der Waals surface area contributed by atoms with E-state index in [9.17, 15) is 9.59 Å². The van der Waals surface area contributed by atoms with Gasteiger partial charge in [-0.2, -0.15) is 0 Å². The summed E-state index contributed by atoms with van der Waals surface area (Å²) in [6.45, 7) is 5.80. The van der Waals surface area contributed by atoms with E-state index in [4.69, 9.17) is 0 Å². The van der Waals surface area contributed by atoms with Crippen LogP contribution in [0.5, 0.6) is 0 Å². The molecule has 2 aromatic carbocycles. The van der Waals surface area contributed by atoms with Gasteiger partial charge in [-0.25, -0.2) is 0 Å². The smallest absolute Gasteiger partial charge is 0.246 e. The minimum atomic E-state index is -0.387. The number of hydrogen-bond donors (Lipinski definition) is 3. The standard InChI is InChI=1S/C21H25N3O2/c1-13-4-5-14(2)19(12-13)24-20(25)15(3)22-17-8-10-18(11-9-17)23-21(26)16-6-7-16/h4-5,8-12,15-16,22H,6-7H2,1-3H3,(H,23,26)(H,24,25)/t15-/m0/s1. The molecule has 3 rings (SSSR count). The Morgan fingerprint density at radius 3 is 2.27 bits per heavy atom. The first kappa shape index (κ1) is 18.0. The highest BCUT2D eigenvalue weighted by molar-refractivity contribution is 5.97. The van der Waals surface area contributed by atoms with Gasteiger partial charge in [0.25, 0.3) is 0 Å². The average molecular weight is 351 g/mol. The monoisotopic (exact) mass is 351 g/mol. The van der Waals surface area contributed by atoms with Crippen LogP contribution in [0.1, 0.15) is 30.9 Å². The molecule has 0 spiro atoms. The number of anilines is 3. The van der Waals surface area contributed by atoms with E-state index in [-0.39, 0.29) is 23.8 Å². The molecule has 2 aromatic rings. The fraction of sp³-hybridized carbons (Fsp3) is 0.333. The van der Waals surface area contributed by atoms with Crippen LogP contribution in [0.25, 0.3) is 0 Å². The summed E-state index contributed by atoms with van der Waals surface area (Å²) in [5.41, 5.74) is 4.59. The highest BCUT2D eigenvalue weighted by Crippen LogP contribution is 2.30. The van der Waals surface area contributed by atoms with Crippen LogP contribution in [-0.4, -0.2) is 17.9 Å². The fourth-order valence-electron chi connectivity index (χ4n) is 2.67. The highest BCUT2D eigenvalue weighted by Gasteiger charge is 2.29. The van der Waals surface area contributed by atoms with Crippen molar-refractivity contribution in [2.24, 2.45) is 5.92 Å². The van der Waals surface area contributed by atoms with Crippen LogP contribution in [0, 0.1) is 19.8 Å². The van der Waals surface area contributed by atoms with E-state index in [0.29, 0.717) is 0 Å². The number of aryl methyl sites for hydroxylation is 2. The summed E-state index contributed by atoms with van der Waals surface area (Å²) >= 11 is 0. The molecular weight excluding hydrogens is 326 g/mol. The molecule has 0 aliphatic heterocycles. The lowest BCUT2D eigenvalue weighted by Gasteiger charge is -2.17. The molecule has 1 fully saturated rings. The van der Waals surface area contributed by atoms with E-state index in [1.165, 1.54) is 0 Å². The molecule has 1 aliphatic rings. The maximum absolute atomic E-state index is 12.4. The average Bonchev–Trinajstić information content (AvgIpc) is 3.45. The third kappa shape index (κ3) is 4.63. The molecule has 0 aromatic heterocycles. The van der Waals surface area contributed by atoms with E-state index in [1.807, 2.05) is 63.2 Å². The maximum Gasteiger partial charge on any atom is 0.246 e. The largest absolute Gasteiger partial charge is 0.374 e. The highest BCUT2D eigenvalue weighted by atomic mass is 16.2. The normalized spacial score (nSPS) is 14.4.